The molecule has 0 bridgehead atoms. The van der Waals surface area contributed by atoms with Crippen LogP contribution >= 0.6 is 0 Å². The highest BCUT2D eigenvalue weighted by Gasteiger charge is 2.18. The Labute approximate surface area is 147 Å². The Hall–Kier alpha value is -2.28. The minimum atomic E-state index is -0.291. The average Bonchev–Trinajstić information content (AvgIpc) is 2.62. The number of benzene rings is 1. The Kier molecular flexibility index (Phi) is 7.53. The first-order chi connectivity index (χ1) is 12.1. The summed E-state index contributed by atoms with van der Waals surface area (Å²) in [4.78, 5) is 25.5. The molecule has 0 aromatic heterocycles. The molecule has 7 nitrogen and oxygen atoms in total. The van der Waals surface area contributed by atoms with Crippen LogP contribution in [0.3, 0.4) is 0 Å². The predicted octanol–water partition coefficient (Wildman–Crippen LogP) is 1.43. The molecule has 1 aromatic rings. The zero-order valence-electron chi connectivity index (χ0n) is 14.8. The first kappa shape index (κ1) is 19.1. The first-order valence-electron chi connectivity index (χ1n) is 8.53. The lowest BCUT2D eigenvalue weighted by atomic mass is 10.1. The number of carbonyl (C=O) groups is 2. The van der Waals surface area contributed by atoms with Crippen LogP contribution < -0.4 is 9.47 Å². The summed E-state index contributed by atoms with van der Waals surface area (Å²) in [6, 6.07) is 5.23. The molecule has 0 atom stereocenters. The van der Waals surface area contributed by atoms with Gasteiger partial charge in [-0.05, 0) is 31.5 Å². The summed E-state index contributed by atoms with van der Waals surface area (Å²) in [5.41, 5.74) is 0.772. The lowest BCUT2D eigenvalue weighted by Gasteiger charge is -2.26. The van der Waals surface area contributed by atoms with Crippen molar-refractivity contribution in [2.75, 3.05) is 46.1 Å². The lowest BCUT2D eigenvalue weighted by molar-refractivity contribution is -0.142. The van der Waals surface area contributed by atoms with E-state index < -0.39 is 0 Å². The van der Waals surface area contributed by atoms with Crippen molar-refractivity contribution in [3.63, 3.8) is 0 Å². The molecule has 138 valence electrons. The smallest absolute Gasteiger partial charge is 0.310 e. The van der Waals surface area contributed by atoms with Crippen molar-refractivity contribution in [1.29, 1.82) is 0 Å². The fraction of sp³-hybridized carbons (Fsp3) is 0.556. The molecule has 7 heteroatoms. The molecule has 0 aliphatic carbocycles. The molecule has 1 aromatic carbocycles. The third-order valence-corrected chi connectivity index (χ3v) is 3.68. The van der Waals surface area contributed by atoms with Gasteiger partial charge in [-0.1, -0.05) is 6.07 Å². The molecule has 0 spiro atoms. The molecule has 0 saturated carbocycles. The standard InChI is InChI=1S/C18H25NO6/c1-3-23-16-11-14(12-18(21)24-4-2)5-6-15(16)25-13-17(20)19-7-9-22-10-8-19/h5-6,11H,3-4,7-10,12-13H2,1-2H3. The van der Waals surface area contributed by atoms with Gasteiger partial charge in [0.25, 0.3) is 5.91 Å². The van der Waals surface area contributed by atoms with Crippen LogP contribution in [0.15, 0.2) is 18.2 Å². The highest BCUT2D eigenvalue weighted by molar-refractivity contribution is 5.78. The van der Waals surface area contributed by atoms with Crippen molar-refractivity contribution in [2.24, 2.45) is 0 Å². The Morgan fingerprint density at radius 2 is 1.84 bits per heavy atom. The minimum absolute atomic E-state index is 0.0582. The molecule has 1 aliphatic heterocycles. The van der Waals surface area contributed by atoms with Gasteiger partial charge in [0.1, 0.15) is 0 Å². The molecule has 1 heterocycles. The lowest BCUT2D eigenvalue weighted by Crippen LogP contribution is -2.43. The van der Waals surface area contributed by atoms with Crippen LogP contribution in [0.25, 0.3) is 0 Å². The van der Waals surface area contributed by atoms with E-state index in [1.807, 2.05) is 6.92 Å². The Morgan fingerprint density at radius 3 is 2.52 bits per heavy atom. The maximum absolute atomic E-state index is 12.2. The van der Waals surface area contributed by atoms with E-state index in [-0.39, 0.29) is 24.9 Å². The maximum atomic E-state index is 12.2. The van der Waals surface area contributed by atoms with Gasteiger partial charge < -0.3 is 23.8 Å². The minimum Gasteiger partial charge on any atom is -0.490 e. The number of amides is 1. The van der Waals surface area contributed by atoms with Gasteiger partial charge in [-0.25, -0.2) is 0 Å². The second-order valence-corrected chi connectivity index (χ2v) is 5.48. The summed E-state index contributed by atoms with van der Waals surface area (Å²) in [6.07, 6.45) is 0.168. The van der Waals surface area contributed by atoms with E-state index in [9.17, 15) is 9.59 Å². The van der Waals surface area contributed by atoms with E-state index in [4.69, 9.17) is 18.9 Å². The predicted molar refractivity (Wildman–Crippen MR) is 90.8 cm³/mol. The summed E-state index contributed by atoms with van der Waals surface area (Å²) in [6.45, 7) is 6.65. The number of nitrogens with zero attached hydrogens (tertiary/aromatic N) is 1. The van der Waals surface area contributed by atoms with Gasteiger partial charge in [-0.15, -0.1) is 0 Å². The molecule has 0 N–H and O–H groups in total. The topological polar surface area (TPSA) is 74.3 Å². The number of ether oxygens (including phenoxy) is 4. The highest BCUT2D eigenvalue weighted by Crippen LogP contribution is 2.29. The van der Waals surface area contributed by atoms with Crippen molar-refractivity contribution >= 4 is 11.9 Å². The van der Waals surface area contributed by atoms with Crippen LogP contribution in [-0.4, -0.2) is 62.9 Å². The summed E-state index contributed by atoms with van der Waals surface area (Å²) in [5.74, 6) is 0.623. The number of rotatable bonds is 8. The van der Waals surface area contributed by atoms with Crippen molar-refractivity contribution in [1.82, 2.24) is 4.90 Å². The van der Waals surface area contributed by atoms with Crippen LogP contribution in [0.1, 0.15) is 19.4 Å². The van der Waals surface area contributed by atoms with Crippen molar-refractivity contribution in [3.8, 4) is 11.5 Å². The molecule has 1 fully saturated rings. The molecular formula is C18H25NO6. The normalized spacial score (nSPS) is 14.1. The number of carbonyl (C=O) groups excluding carboxylic acids is 2. The zero-order valence-corrected chi connectivity index (χ0v) is 14.8. The first-order valence-corrected chi connectivity index (χ1v) is 8.53. The van der Waals surface area contributed by atoms with E-state index in [1.165, 1.54) is 0 Å². The third-order valence-electron chi connectivity index (χ3n) is 3.68. The van der Waals surface area contributed by atoms with E-state index >= 15 is 0 Å². The summed E-state index contributed by atoms with van der Waals surface area (Å²) in [7, 11) is 0. The quantitative estimate of drug-likeness (QED) is 0.660. The summed E-state index contributed by atoms with van der Waals surface area (Å²) >= 11 is 0. The van der Waals surface area contributed by atoms with Gasteiger partial charge in [0.15, 0.2) is 18.1 Å². The fourth-order valence-corrected chi connectivity index (χ4v) is 2.47. The molecule has 2 rings (SSSR count). The Balaban J connectivity index is 1.98. The second-order valence-electron chi connectivity index (χ2n) is 5.48. The second kappa shape index (κ2) is 9.88. The van der Waals surface area contributed by atoms with Crippen LogP contribution in [0, 0.1) is 0 Å². The van der Waals surface area contributed by atoms with Gasteiger partial charge >= 0.3 is 5.97 Å². The number of hydrogen-bond donors (Lipinski definition) is 0. The summed E-state index contributed by atoms with van der Waals surface area (Å²) < 4.78 is 21.4. The molecular weight excluding hydrogens is 326 g/mol. The van der Waals surface area contributed by atoms with E-state index in [1.54, 1.807) is 30.0 Å². The van der Waals surface area contributed by atoms with Crippen LogP contribution in [0.4, 0.5) is 0 Å². The molecule has 1 saturated heterocycles. The van der Waals surface area contributed by atoms with Crippen molar-refractivity contribution in [3.05, 3.63) is 23.8 Å². The highest BCUT2D eigenvalue weighted by atomic mass is 16.5. The number of esters is 1. The van der Waals surface area contributed by atoms with E-state index in [0.29, 0.717) is 51.0 Å². The number of morpholine rings is 1. The van der Waals surface area contributed by atoms with Crippen molar-refractivity contribution < 1.29 is 28.5 Å². The fourth-order valence-electron chi connectivity index (χ4n) is 2.47. The number of hydrogen-bond acceptors (Lipinski definition) is 6. The molecule has 1 aliphatic rings. The van der Waals surface area contributed by atoms with Crippen LogP contribution in [0.2, 0.25) is 0 Å². The molecule has 0 unspecified atom stereocenters. The van der Waals surface area contributed by atoms with E-state index in [2.05, 4.69) is 0 Å². The Morgan fingerprint density at radius 1 is 1.08 bits per heavy atom. The molecule has 0 radical (unpaired) electrons. The van der Waals surface area contributed by atoms with Gasteiger partial charge in [-0.2, -0.15) is 0 Å². The molecule has 25 heavy (non-hydrogen) atoms. The SMILES string of the molecule is CCOC(=O)Cc1ccc(OCC(=O)N2CCOCC2)c(OCC)c1. The van der Waals surface area contributed by atoms with Gasteiger partial charge in [0.05, 0.1) is 32.8 Å². The largest absolute Gasteiger partial charge is 0.490 e. The zero-order chi connectivity index (χ0) is 18.1. The summed E-state index contributed by atoms with van der Waals surface area (Å²) in [5, 5.41) is 0. The average molecular weight is 351 g/mol. The van der Waals surface area contributed by atoms with Crippen LogP contribution in [-0.2, 0) is 25.5 Å². The Bertz CT molecular complexity index is 583. The van der Waals surface area contributed by atoms with Crippen LogP contribution in [0.5, 0.6) is 11.5 Å². The van der Waals surface area contributed by atoms with Gasteiger partial charge in [0.2, 0.25) is 0 Å². The van der Waals surface area contributed by atoms with Crippen molar-refractivity contribution in [2.45, 2.75) is 20.3 Å². The third kappa shape index (κ3) is 5.94. The van der Waals surface area contributed by atoms with E-state index in [0.717, 1.165) is 5.56 Å². The maximum Gasteiger partial charge on any atom is 0.310 e. The monoisotopic (exact) mass is 351 g/mol. The van der Waals surface area contributed by atoms with Gasteiger partial charge in [-0.3, -0.25) is 9.59 Å². The molecule has 1 amide bonds. The van der Waals surface area contributed by atoms with Gasteiger partial charge in [0, 0.05) is 13.1 Å².